The van der Waals surface area contributed by atoms with Gasteiger partial charge in [0.25, 0.3) is 11.8 Å². The fraction of sp³-hybridized carbons (Fsp3) is 0.296. The van der Waals surface area contributed by atoms with Crippen LogP contribution in [-0.2, 0) is 16.0 Å². The van der Waals surface area contributed by atoms with Gasteiger partial charge in [0.05, 0.1) is 20.1 Å². The zero-order valence-corrected chi connectivity index (χ0v) is 20.2. The number of hydrazine groups is 1. The van der Waals surface area contributed by atoms with E-state index >= 15 is 0 Å². The van der Waals surface area contributed by atoms with E-state index in [2.05, 4.69) is 23.1 Å². The number of rotatable bonds is 10. The Bertz CT molecular complexity index is 1190. The van der Waals surface area contributed by atoms with Gasteiger partial charge in [0.2, 0.25) is 5.91 Å². The average Bonchev–Trinajstić information content (AvgIpc) is 2.87. The number of hydrogen-bond donors (Lipinski definition) is 3. The molecule has 0 aliphatic carbocycles. The van der Waals surface area contributed by atoms with Crippen LogP contribution in [0.1, 0.15) is 42.6 Å². The van der Waals surface area contributed by atoms with Gasteiger partial charge in [0, 0.05) is 5.56 Å². The maximum Gasteiger partial charge on any atom is 0.269 e. The second-order valence-corrected chi connectivity index (χ2v) is 8.12. The van der Waals surface area contributed by atoms with Gasteiger partial charge < -0.3 is 14.8 Å². The Morgan fingerprint density at radius 2 is 1.71 bits per heavy atom. The van der Waals surface area contributed by atoms with Crippen molar-refractivity contribution in [1.82, 2.24) is 16.2 Å². The summed E-state index contributed by atoms with van der Waals surface area (Å²) in [6.07, 6.45) is 2.05. The van der Waals surface area contributed by atoms with E-state index in [1.54, 1.807) is 19.1 Å². The van der Waals surface area contributed by atoms with Gasteiger partial charge in [0.1, 0.15) is 6.04 Å². The Balaban J connectivity index is 1.52. The molecule has 0 spiro atoms. The minimum absolute atomic E-state index is 0.137. The minimum atomic E-state index is -0.846. The summed E-state index contributed by atoms with van der Waals surface area (Å²) < 4.78 is 11.0. The Morgan fingerprint density at radius 3 is 2.49 bits per heavy atom. The zero-order chi connectivity index (χ0) is 25.2. The van der Waals surface area contributed by atoms with Crippen molar-refractivity contribution < 1.29 is 23.9 Å². The predicted molar refractivity (Wildman–Crippen MR) is 134 cm³/mol. The SMILES string of the molecule is CCCCOc1ccc(C(=O)NNC(=O)[C@H](C)NC(=O)Cc2cccc3ccccc23)cc1OC. The van der Waals surface area contributed by atoms with Gasteiger partial charge in [-0.3, -0.25) is 25.2 Å². The molecule has 184 valence electrons. The lowest BCUT2D eigenvalue weighted by molar-refractivity contribution is -0.128. The van der Waals surface area contributed by atoms with Crippen LogP contribution in [0, 0.1) is 0 Å². The first-order valence-electron chi connectivity index (χ1n) is 11.6. The molecule has 3 rings (SSSR count). The number of fused-ring (bicyclic) bond motifs is 1. The summed E-state index contributed by atoms with van der Waals surface area (Å²) in [7, 11) is 1.49. The van der Waals surface area contributed by atoms with Crippen molar-refractivity contribution in [2.45, 2.75) is 39.2 Å². The highest BCUT2D eigenvalue weighted by molar-refractivity contribution is 5.97. The summed E-state index contributed by atoms with van der Waals surface area (Å²) in [6, 6.07) is 17.5. The van der Waals surface area contributed by atoms with Crippen LogP contribution in [0.4, 0.5) is 0 Å². The van der Waals surface area contributed by atoms with Crippen molar-refractivity contribution >= 4 is 28.5 Å². The molecule has 0 radical (unpaired) electrons. The molecule has 0 saturated heterocycles. The molecule has 0 aromatic heterocycles. The Morgan fingerprint density at radius 1 is 0.943 bits per heavy atom. The Kier molecular flexibility index (Phi) is 9.06. The van der Waals surface area contributed by atoms with Gasteiger partial charge in [-0.2, -0.15) is 0 Å². The molecule has 1 atom stereocenters. The molecule has 3 amide bonds. The lowest BCUT2D eigenvalue weighted by atomic mass is 10.0. The molecule has 8 heteroatoms. The topological polar surface area (TPSA) is 106 Å². The number of ether oxygens (including phenoxy) is 2. The summed E-state index contributed by atoms with van der Waals surface area (Å²) >= 11 is 0. The van der Waals surface area contributed by atoms with Crippen LogP contribution in [0.15, 0.2) is 60.7 Å². The van der Waals surface area contributed by atoms with Crippen LogP contribution in [0.25, 0.3) is 10.8 Å². The smallest absolute Gasteiger partial charge is 0.269 e. The Hall–Kier alpha value is -4.07. The highest BCUT2D eigenvalue weighted by Gasteiger charge is 2.18. The third-order valence-corrected chi connectivity index (χ3v) is 5.48. The van der Waals surface area contributed by atoms with Gasteiger partial charge in [-0.15, -0.1) is 0 Å². The number of amides is 3. The van der Waals surface area contributed by atoms with Crippen LogP contribution in [0.5, 0.6) is 11.5 Å². The van der Waals surface area contributed by atoms with Gasteiger partial charge in [-0.1, -0.05) is 55.8 Å². The molecule has 35 heavy (non-hydrogen) atoms. The number of benzene rings is 3. The monoisotopic (exact) mass is 477 g/mol. The summed E-state index contributed by atoms with van der Waals surface area (Å²) in [5.41, 5.74) is 5.87. The molecule has 3 aromatic carbocycles. The van der Waals surface area contributed by atoms with E-state index in [-0.39, 0.29) is 17.9 Å². The van der Waals surface area contributed by atoms with Crippen LogP contribution in [0.3, 0.4) is 0 Å². The number of nitrogens with one attached hydrogen (secondary N) is 3. The van der Waals surface area contributed by atoms with E-state index in [1.807, 2.05) is 42.5 Å². The molecule has 0 aliphatic heterocycles. The number of carbonyl (C=O) groups is 3. The van der Waals surface area contributed by atoms with Crippen molar-refractivity contribution in [3.05, 3.63) is 71.8 Å². The minimum Gasteiger partial charge on any atom is -0.493 e. The summed E-state index contributed by atoms with van der Waals surface area (Å²) in [6.45, 7) is 4.17. The maximum atomic E-state index is 12.5. The lowest BCUT2D eigenvalue weighted by Crippen LogP contribution is -2.51. The summed E-state index contributed by atoms with van der Waals surface area (Å²) in [5.74, 6) is -0.390. The number of hydrogen-bond acceptors (Lipinski definition) is 5. The molecule has 0 fully saturated rings. The van der Waals surface area contributed by atoms with Crippen molar-refractivity contribution in [2.24, 2.45) is 0 Å². The standard InChI is InChI=1S/C27H31N3O5/c1-4-5-15-35-23-14-13-21(16-24(23)34-3)27(33)30-29-26(32)18(2)28-25(31)17-20-11-8-10-19-9-6-7-12-22(19)20/h6-14,16,18H,4-5,15,17H2,1-3H3,(H,28,31)(H,29,32)(H,30,33)/t18-/m0/s1. The van der Waals surface area contributed by atoms with Crippen molar-refractivity contribution in [1.29, 1.82) is 0 Å². The maximum absolute atomic E-state index is 12.5. The van der Waals surface area contributed by atoms with Crippen LogP contribution in [-0.4, -0.2) is 37.5 Å². The molecular weight excluding hydrogens is 446 g/mol. The van der Waals surface area contributed by atoms with E-state index in [1.165, 1.54) is 13.2 Å². The first kappa shape index (κ1) is 25.6. The second kappa shape index (κ2) is 12.4. The van der Waals surface area contributed by atoms with Gasteiger partial charge in [-0.25, -0.2) is 0 Å². The first-order chi connectivity index (χ1) is 16.9. The number of unbranched alkanes of at least 4 members (excludes halogenated alkanes) is 1. The highest BCUT2D eigenvalue weighted by atomic mass is 16.5. The normalized spacial score (nSPS) is 11.4. The van der Waals surface area contributed by atoms with Crippen LogP contribution >= 0.6 is 0 Å². The van der Waals surface area contributed by atoms with Crippen molar-refractivity contribution in [3.8, 4) is 11.5 Å². The van der Waals surface area contributed by atoms with E-state index < -0.39 is 17.9 Å². The molecule has 3 N–H and O–H groups in total. The molecule has 3 aromatic rings. The molecule has 0 aliphatic rings. The molecule has 0 saturated carbocycles. The third kappa shape index (κ3) is 6.96. The molecular formula is C27H31N3O5. The van der Waals surface area contributed by atoms with Gasteiger partial charge in [-0.05, 0) is 47.9 Å². The van der Waals surface area contributed by atoms with Crippen LogP contribution < -0.4 is 25.6 Å². The van der Waals surface area contributed by atoms with E-state index in [0.717, 1.165) is 29.2 Å². The van der Waals surface area contributed by atoms with Crippen molar-refractivity contribution in [3.63, 3.8) is 0 Å². The van der Waals surface area contributed by atoms with Gasteiger partial charge in [0.15, 0.2) is 11.5 Å². The fourth-order valence-electron chi connectivity index (χ4n) is 3.53. The molecule has 0 unspecified atom stereocenters. The van der Waals surface area contributed by atoms with Crippen molar-refractivity contribution in [2.75, 3.05) is 13.7 Å². The molecule has 0 heterocycles. The first-order valence-corrected chi connectivity index (χ1v) is 11.6. The zero-order valence-electron chi connectivity index (χ0n) is 20.2. The lowest BCUT2D eigenvalue weighted by Gasteiger charge is -2.16. The predicted octanol–water partition coefficient (Wildman–Crippen LogP) is 3.54. The summed E-state index contributed by atoms with van der Waals surface area (Å²) in [4.78, 5) is 37.4. The molecule has 8 nitrogen and oxygen atoms in total. The fourth-order valence-corrected chi connectivity index (χ4v) is 3.53. The number of carbonyl (C=O) groups excluding carboxylic acids is 3. The Labute approximate surface area is 205 Å². The average molecular weight is 478 g/mol. The summed E-state index contributed by atoms with van der Waals surface area (Å²) in [5, 5.41) is 4.70. The van der Waals surface area contributed by atoms with E-state index in [0.29, 0.717) is 18.1 Å². The van der Waals surface area contributed by atoms with Crippen LogP contribution in [0.2, 0.25) is 0 Å². The van der Waals surface area contributed by atoms with E-state index in [4.69, 9.17) is 9.47 Å². The quantitative estimate of drug-likeness (QED) is 0.306. The largest absolute Gasteiger partial charge is 0.493 e. The number of methoxy groups -OCH3 is 1. The highest BCUT2D eigenvalue weighted by Crippen LogP contribution is 2.28. The molecule has 0 bridgehead atoms. The van der Waals surface area contributed by atoms with Gasteiger partial charge >= 0.3 is 0 Å². The van der Waals surface area contributed by atoms with E-state index in [9.17, 15) is 14.4 Å². The second-order valence-electron chi connectivity index (χ2n) is 8.12. The third-order valence-electron chi connectivity index (χ3n) is 5.48.